The first-order valence-corrected chi connectivity index (χ1v) is 7.36. The van der Waals surface area contributed by atoms with Crippen LogP contribution in [-0.4, -0.2) is 11.1 Å². The van der Waals surface area contributed by atoms with Crippen molar-refractivity contribution in [2.75, 3.05) is 6.54 Å². The predicted molar refractivity (Wildman–Crippen MR) is 78.6 cm³/mol. The van der Waals surface area contributed by atoms with Gasteiger partial charge in [-0.2, -0.15) is 0 Å². The molecule has 1 unspecified atom stereocenters. The Hall–Kier alpha value is -1.06. The Kier molecular flexibility index (Phi) is 2.39. The summed E-state index contributed by atoms with van der Waals surface area (Å²) in [6.45, 7) is 1.10. The molecule has 0 spiro atoms. The molecule has 0 saturated heterocycles. The number of hydrogen-bond acceptors (Lipinski definition) is 1. The first kappa shape index (κ1) is 10.8. The first-order chi connectivity index (χ1) is 8.84. The van der Waals surface area contributed by atoms with Crippen LogP contribution in [0.25, 0.3) is 17.1 Å². The lowest BCUT2D eigenvalue weighted by Gasteiger charge is -2.24. The van der Waals surface area contributed by atoms with Gasteiger partial charge in [-0.25, -0.2) is 0 Å². The summed E-state index contributed by atoms with van der Waals surface area (Å²) in [4.78, 5) is 0. The van der Waals surface area contributed by atoms with Gasteiger partial charge in [-0.3, -0.25) is 0 Å². The minimum absolute atomic E-state index is 0.523. The summed E-state index contributed by atoms with van der Waals surface area (Å²) in [7, 11) is 0. The second kappa shape index (κ2) is 3.97. The normalized spacial score (nSPS) is 21.9. The van der Waals surface area contributed by atoms with Crippen LogP contribution in [0.15, 0.2) is 28.7 Å². The zero-order valence-electron chi connectivity index (χ0n) is 10.1. The van der Waals surface area contributed by atoms with E-state index in [0.717, 1.165) is 23.9 Å². The van der Waals surface area contributed by atoms with Crippen molar-refractivity contribution in [2.45, 2.75) is 25.3 Å². The van der Waals surface area contributed by atoms with Gasteiger partial charge in [-0.15, -0.1) is 0 Å². The van der Waals surface area contributed by atoms with E-state index in [4.69, 9.17) is 0 Å². The van der Waals surface area contributed by atoms with Gasteiger partial charge < -0.3 is 9.88 Å². The number of nitrogens with zero attached hydrogens (tertiary/aromatic N) is 1. The van der Waals surface area contributed by atoms with Crippen LogP contribution in [0.3, 0.4) is 0 Å². The molecule has 1 N–H and O–H groups in total. The van der Waals surface area contributed by atoms with Crippen LogP contribution in [0, 0.1) is 0 Å². The molecule has 0 fully saturated rings. The second-order valence-electron chi connectivity index (χ2n) is 5.11. The lowest BCUT2D eigenvalue weighted by atomic mass is 9.97. The van der Waals surface area contributed by atoms with Crippen molar-refractivity contribution < 1.29 is 0 Å². The zero-order valence-corrected chi connectivity index (χ0v) is 11.7. The molecular formula is C15H15BrN2. The highest BCUT2D eigenvalue weighted by molar-refractivity contribution is 9.10. The van der Waals surface area contributed by atoms with E-state index in [-0.39, 0.29) is 0 Å². The van der Waals surface area contributed by atoms with Crippen molar-refractivity contribution in [3.8, 4) is 0 Å². The lowest BCUT2D eigenvalue weighted by molar-refractivity contribution is 0.470. The Bertz CT molecular complexity index is 654. The Morgan fingerprint density at radius 3 is 3.22 bits per heavy atom. The second-order valence-corrected chi connectivity index (χ2v) is 6.03. The summed E-state index contributed by atoms with van der Waals surface area (Å²) in [5.41, 5.74) is 4.37. The summed E-state index contributed by atoms with van der Waals surface area (Å²) < 4.78 is 3.54. The summed E-state index contributed by atoms with van der Waals surface area (Å²) in [5, 5.41) is 5.08. The van der Waals surface area contributed by atoms with Crippen molar-refractivity contribution in [1.29, 1.82) is 0 Å². The van der Waals surface area contributed by atoms with E-state index in [9.17, 15) is 0 Å². The first-order valence-electron chi connectivity index (χ1n) is 6.57. The molecule has 0 bridgehead atoms. The molecule has 2 aliphatic rings. The Balaban J connectivity index is 2.12. The molecule has 1 aromatic carbocycles. The van der Waals surface area contributed by atoms with E-state index in [1.807, 2.05) is 0 Å². The topological polar surface area (TPSA) is 17.0 Å². The average molecular weight is 303 g/mol. The molecule has 0 aliphatic carbocycles. The van der Waals surface area contributed by atoms with Crippen LogP contribution >= 0.6 is 15.9 Å². The SMILES string of the molecule is Brc1ccc2c3c4n(c2c1)C=CCCC4NCC3. The summed E-state index contributed by atoms with van der Waals surface area (Å²) in [5.74, 6) is 0. The largest absolute Gasteiger partial charge is 0.319 e. The maximum absolute atomic E-state index is 3.66. The van der Waals surface area contributed by atoms with Gasteiger partial charge in [0.1, 0.15) is 0 Å². The number of nitrogens with one attached hydrogen (secondary N) is 1. The van der Waals surface area contributed by atoms with Crippen molar-refractivity contribution >= 4 is 33.0 Å². The molecule has 92 valence electrons. The van der Waals surface area contributed by atoms with Crippen molar-refractivity contribution in [3.63, 3.8) is 0 Å². The molecule has 2 aromatic rings. The van der Waals surface area contributed by atoms with Crippen LogP contribution in [-0.2, 0) is 6.42 Å². The third-order valence-corrected chi connectivity index (χ3v) is 4.58. The molecule has 18 heavy (non-hydrogen) atoms. The van der Waals surface area contributed by atoms with E-state index in [1.54, 1.807) is 5.56 Å². The molecular weight excluding hydrogens is 288 g/mol. The minimum atomic E-state index is 0.523. The van der Waals surface area contributed by atoms with Crippen LogP contribution in [0.2, 0.25) is 0 Å². The van der Waals surface area contributed by atoms with Crippen molar-refractivity contribution in [2.24, 2.45) is 0 Å². The van der Waals surface area contributed by atoms with Gasteiger partial charge in [0.25, 0.3) is 0 Å². The van der Waals surface area contributed by atoms with E-state index in [2.05, 4.69) is 56.3 Å². The monoisotopic (exact) mass is 302 g/mol. The Labute approximate surface area is 115 Å². The lowest BCUT2D eigenvalue weighted by Crippen LogP contribution is -2.30. The Morgan fingerprint density at radius 1 is 1.33 bits per heavy atom. The number of allylic oxidation sites excluding steroid dienone is 1. The summed E-state index contributed by atoms with van der Waals surface area (Å²) >= 11 is 3.59. The van der Waals surface area contributed by atoms with Crippen LogP contribution in [0.4, 0.5) is 0 Å². The fraction of sp³-hybridized carbons (Fsp3) is 0.333. The highest BCUT2D eigenvalue weighted by Crippen LogP contribution is 2.37. The maximum Gasteiger partial charge on any atom is 0.0540 e. The van der Waals surface area contributed by atoms with Crippen LogP contribution in [0.1, 0.15) is 30.1 Å². The van der Waals surface area contributed by atoms with Gasteiger partial charge in [0.2, 0.25) is 0 Å². The standard InChI is InChI=1S/C15H15BrN2/c16-10-4-5-11-12-6-7-17-13-3-1-2-8-18(15(12)13)14(11)9-10/h2,4-5,8-9,13,17H,1,3,6-7H2. The molecule has 0 radical (unpaired) electrons. The number of rotatable bonds is 0. The average Bonchev–Trinajstić information content (AvgIpc) is 2.56. The predicted octanol–water partition coefficient (Wildman–Crippen LogP) is 3.86. The number of aromatic nitrogens is 1. The fourth-order valence-corrected chi connectivity index (χ4v) is 3.67. The molecule has 3 heteroatoms. The van der Waals surface area contributed by atoms with Gasteiger partial charge in [0.15, 0.2) is 0 Å². The number of fused-ring (bicyclic) bond motifs is 3. The van der Waals surface area contributed by atoms with Gasteiger partial charge in [0, 0.05) is 27.8 Å². The highest BCUT2D eigenvalue weighted by Gasteiger charge is 2.27. The van der Waals surface area contributed by atoms with Gasteiger partial charge >= 0.3 is 0 Å². The van der Waals surface area contributed by atoms with E-state index >= 15 is 0 Å². The maximum atomic E-state index is 3.66. The summed E-state index contributed by atoms with van der Waals surface area (Å²) in [6, 6.07) is 7.17. The van der Waals surface area contributed by atoms with E-state index in [0.29, 0.717) is 6.04 Å². The quantitative estimate of drug-likeness (QED) is 0.782. The molecule has 1 aromatic heterocycles. The van der Waals surface area contributed by atoms with Crippen molar-refractivity contribution in [3.05, 3.63) is 40.0 Å². The molecule has 2 aliphatic heterocycles. The minimum Gasteiger partial charge on any atom is -0.319 e. The number of halogens is 1. The smallest absolute Gasteiger partial charge is 0.0540 e. The van der Waals surface area contributed by atoms with Gasteiger partial charge in [0.05, 0.1) is 5.52 Å². The zero-order chi connectivity index (χ0) is 12.1. The molecule has 2 nitrogen and oxygen atoms in total. The molecule has 0 saturated carbocycles. The molecule has 0 amide bonds. The summed E-state index contributed by atoms with van der Waals surface area (Å²) in [6.07, 6.45) is 8.06. The molecule has 4 rings (SSSR count). The number of benzene rings is 1. The highest BCUT2D eigenvalue weighted by atomic mass is 79.9. The number of hydrogen-bond donors (Lipinski definition) is 1. The Morgan fingerprint density at radius 2 is 2.28 bits per heavy atom. The third kappa shape index (κ3) is 1.44. The van der Waals surface area contributed by atoms with Crippen LogP contribution < -0.4 is 5.32 Å². The molecule has 3 heterocycles. The third-order valence-electron chi connectivity index (χ3n) is 4.09. The fourth-order valence-electron chi connectivity index (χ4n) is 3.32. The van der Waals surface area contributed by atoms with E-state index in [1.165, 1.54) is 23.0 Å². The van der Waals surface area contributed by atoms with Gasteiger partial charge in [-0.1, -0.05) is 28.1 Å². The van der Waals surface area contributed by atoms with E-state index < -0.39 is 0 Å². The van der Waals surface area contributed by atoms with Crippen molar-refractivity contribution in [1.82, 2.24) is 9.88 Å². The van der Waals surface area contributed by atoms with Gasteiger partial charge in [-0.05, 0) is 43.5 Å². The van der Waals surface area contributed by atoms with Crippen LogP contribution in [0.5, 0.6) is 0 Å². The molecule has 1 atom stereocenters.